The highest BCUT2D eigenvalue weighted by Gasteiger charge is 2.31. The van der Waals surface area contributed by atoms with Gasteiger partial charge in [0.05, 0.1) is 19.1 Å². The summed E-state index contributed by atoms with van der Waals surface area (Å²) in [7, 11) is 1.54. The first kappa shape index (κ1) is 18.8. The molecule has 1 heterocycles. The van der Waals surface area contributed by atoms with Gasteiger partial charge in [0.15, 0.2) is 0 Å². The van der Waals surface area contributed by atoms with E-state index < -0.39 is 0 Å². The number of benzene rings is 2. The summed E-state index contributed by atoms with van der Waals surface area (Å²) in [6, 6.07) is 13.8. The summed E-state index contributed by atoms with van der Waals surface area (Å²) in [5, 5.41) is 7.29. The van der Waals surface area contributed by atoms with Gasteiger partial charge in [-0.1, -0.05) is 42.5 Å². The fourth-order valence-electron chi connectivity index (χ4n) is 2.98. The van der Waals surface area contributed by atoms with Gasteiger partial charge in [0.1, 0.15) is 6.61 Å². The molecule has 1 fully saturated rings. The van der Waals surface area contributed by atoms with Crippen LogP contribution in [0.4, 0.5) is 0 Å². The Bertz CT molecular complexity index is 841. The van der Waals surface area contributed by atoms with Crippen molar-refractivity contribution in [3.8, 4) is 0 Å². The number of ether oxygens (including phenoxy) is 1. The molecule has 142 valence electrons. The summed E-state index contributed by atoms with van der Waals surface area (Å²) in [6.45, 7) is 0.834. The van der Waals surface area contributed by atoms with Crippen molar-refractivity contribution in [1.29, 1.82) is 0 Å². The number of carbonyl (C=O) groups is 3. The second-order valence-electron chi connectivity index (χ2n) is 6.50. The lowest BCUT2D eigenvalue weighted by molar-refractivity contribution is -0.147. The van der Waals surface area contributed by atoms with Gasteiger partial charge in [0.2, 0.25) is 17.7 Å². The number of nitrogens with one attached hydrogen (secondary N) is 2. The molecule has 1 aliphatic rings. The quantitative estimate of drug-likeness (QED) is 0.743. The van der Waals surface area contributed by atoms with E-state index in [1.165, 1.54) is 0 Å². The summed E-state index contributed by atoms with van der Waals surface area (Å²) < 4.78 is 5.36. The largest absolute Gasteiger partial charge is 0.365 e. The van der Waals surface area contributed by atoms with Crippen molar-refractivity contribution in [2.45, 2.75) is 12.5 Å². The van der Waals surface area contributed by atoms with Crippen LogP contribution in [-0.4, -0.2) is 62.0 Å². The molecule has 0 aliphatic carbocycles. The Hall–Kier alpha value is -2.93. The Morgan fingerprint density at radius 3 is 2.59 bits per heavy atom. The van der Waals surface area contributed by atoms with E-state index in [0.717, 1.165) is 16.3 Å². The Morgan fingerprint density at radius 2 is 1.81 bits per heavy atom. The molecule has 2 aromatic rings. The predicted octanol–water partition coefficient (Wildman–Crippen LogP) is 0.472. The lowest BCUT2D eigenvalue weighted by atomic mass is 10.0. The second-order valence-corrected chi connectivity index (χ2v) is 6.50. The van der Waals surface area contributed by atoms with Crippen LogP contribution in [-0.2, 0) is 25.5 Å². The number of nitrogens with zero attached hydrogens (tertiary/aromatic N) is 1. The third kappa shape index (κ3) is 4.83. The topological polar surface area (TPSA) is 87.7 Å². The van der Waals surface area contributed by atoms with Gasteiger partial charge < -0.3 is 20.3 Å². The third-order valence-electron chi connectivity index (χ3n) is 4.60. The van der Waals surface area contributed by atoms with Gasteiger partial charge in [-0.25, -0.2) is 0 Å². The van der Waals surface area contributed by atoms with Crippen LogP contribution < -0.4 is 10.6 Å². The summed E-state index contributed by atoms with van der Waals surface area (Å²) in [5.74, 6) is -0.533. The van der Waals surface area contributed by atoms with E-state index >= 15 is 0 Å². The monoisotopic (exact) mass is 369 g/mol. The van der Waals surface area contributed by atoms with Crippen molar-refractivity contribution in [3.05, 3.63) is 48.0 Å². The van der Waals surface area contributed by atoms with Gasteiger partial charge in [-0.3, -0.25) is 14.4 Å². The van der Waals surface area contributed by atoms with E-state index in [0.29, 0.717) is 13.1 Å². The number of hydrogen-bond donors (Lipinski definition) is 2. The van der Waals surface area contributed by atoms with Crippen molar-refractivity contribution < 1.29 is 19.1 Å². The van der Waals surface area contributed by atoms with E-state index in [1.807, 2.05) is 42.5 Å². The Kier molecular flexibility index (Phi) is 6.03. The molecule has 27 heavy (non-hydrogen) atoms. The zero-order chi connectivity index (χ0) is 19.2. The predicted molar refractivity (Wildman–Crippen MR) is 101 cm³/mol. The smallest absolute Gasteiger partial charge is 0.245 e. The van der Waals surface area contributed by atoms with Crippen molar-refractivity contribution in [1.82, 2.24) is 15.5 Å². The number of fused-ring (bicyclic) bond motifs is 1. The lowest BCUT2D eigenvalue weighted by Gasteiger charge is -2.38. The molecule has 1 saturated heterocycles. The number of hydrogen-bond acceptors (Lipinski definition) is 4. The minimum absolute atomic E-state index is 0.00896. The maximum atomic E-state index is 12.2. The fraction of sp³-hybridized carbons (Fsp3) is 0.350. The van der Waals surface area contributed by atoms with Crippen molar-refractivity contribution in [2.75, 3.05) is 33.3 Å². The highest BCUT2D eigenvalue weighted by atomic mass is 16.5. The maximum Gasteiger partial charge on any atom is 0.245 e. The molecule has 0 atom stereocenters. The SMILES string of the molecule is CNC(=O)COC1CN(C(=O)CNC(=O)Cc2cccc3ccccc23)C1. The van der Waals surface area contributed by atoms with Crippen LogP contribution in [0.25, 0.3) is 10.8 Å². The van der Waals surface area contributed by atoms with Crippen LogP contribution in [0.5, 0.6) is 0 Å². The first-order valence-electron chi connectivity index (χ1n) is 8.90. The highest BCUT2D eigenvalue weighted by molar-refractivity contribution is 5.91. The summed E-state index contributed by atoms with van der Waals surface area (Å²) in [6.07, 6.45) is 0.101. The van der Waals surface area contributed by atoms with E-state index in [-0.39, 0.29) is 43.4 Å². The molecule has 0 aromatic heterocycles. The second kappa shape index (κ2) is 8.64. The molecule has 0 saturated carbocycles. The summed E-state index contributed by atoms with van der Waals surface area (Å²) in [5.41, 5.74) is 0.935. The molecule has 3 amide bonds. The highest BCUT2D eigenvalue weighted by Crippen LogP contribution is 2.18. The van der Waals surface area contributed by atoms with E-state index in [1.54, 1.807) is 11.9 Å². The Morgan fingerprint density at radius 1 is 1.07 bits per heavy atom. The minimum Gasteiger partial charge on any atom is -0.365 e. The number of likely N-dealkylation sites (tertiary alicyclic amines) is 1. The molecule has 7 heteroatoms. The molecule has 7 nitrogen and oxygen atoms in total. The van der Waals surface area contributed by atoms with E-state index in [2.05, 4.69) is 10.6 Å². The lowest BCUT2D eigenvalue weighted by Crippen LogP contribution is -2.57. The molecule has 0 radical (unpaired) electrons. The molecule has 0 unspecified atom stereocenters. The minimum atomic E-state index is -0.194. The Balaban J connectivity index is 1.42. The molecule has 0 spiro atoms. The van der Waals surface area contributed by atoms with Gasteiger partial charge in [-0.15, -0.1) is 0 Å². The number of carbonyl (C=O) groups excluding carboxylic acids is 3. The van der Waals surface area contributed by atoms with Crippen molar-refractivity contribution in [2.24, 2.45) is 0 Å². The number of rotatable bonds is 7. The van der Waals surface area contributed by atoms with Gasteiger partial charge in [0, 0.05) is 20.1 Å². The zero-order valence-electron chi connectivity index (χ0n) is 15.2. The first-order chi connectivity index (χ1) is 13.1. The summed E-state index contributed by atoms with van der Waals surface area (Å²) in [4.78, 5) is 37.0. The fourth-order valence-corrected chi connectivity index (χ4v) is 2.98. The van der Waals surface area contributed by atoms with Crippen LogP contribution in [0.3, 0.4) is 0 Å². The normalized spacial score (nSPS) is 13.9. The van der Waals surface area contributed by atoms with Crippen LogP contribution >= 0.6 is 0 Å². The van der Waals surface area contributed by atoms with Crippen molar-refractivity contribution in [3.63, 3.8) is 0 Å². The average Bonchev–Trinajstić information content (AvgIpc) is 2.65. The van der Waals surface area contributed by atoms with E-state index in [9.17, 15) is 14.4 Å². The van der Waals surface area contributed by atoms with Gasteiger partial charge in [0.25, 0.3) is 0 Å². The molecule has 3 rings (SSSR count). The number of amides is 3. The van der Waals surface area contributed by atoms with E-state index in [4.69, 9.17) is 4.74 Å². The van der Waals surface area contributed by atoms with Crippen molar-refractivity contribution >= 4 is 28.5 Å². The van der Waals surface area contributed by atoms with Crippen LogP contribution in [0.15, 0.2) is 42.5 Å². The average molecular weight is 369 g/mol. The van der Waals surface area contributed by atoms with Crippen LogP contribution in [0, 0.1) is 0 Å². The van der Waals surface area contributed by atoms with Crippen LogP contribution in [0.2, 0.25) is 0 Å². The van der Waals surface area contributed by atoms with Crippen LogP contribution in [0.1, 0.15) is 5.56 Å². The zero-order valence-corrected chi connectivity index (χ0v) is 15.2. The van der Waals surface area contributed by atoms with Gasteiger partial charge in [-0.05, 0) is 16.3 Å². The number of likely N-dealkylation sites (N-methyl/N-ethyl adjacent to an activating group) is 1. The molecule has 0 bridgehead atoms. The molecule has 2 N–H and O–H groups in total. The summed E-state index contributed by atoms with van der Waals surface area (Å²) >= 11 is 0. The molecule has 1 aliphatic heterocycles. The standard InChI is InChI=1S/C20H23N3O4/c1-21-19(25)13-27-16-11-23(12-16)20(26)10-22-18(24)9-15-7-4-6-14-5-2-3-8-17(14)15/h2-8,16H,9-13H2,1H3,(H,21,25)(H,22,24). The molecular formula is C20H23N3O4. The Labute approximate surface area is 157 Å². The first-order valence-corrected chi connectivity index (χ1v) is 8.90. The van der Waals surface area contributed by atoms with Gasteiger partial charge >= 0.3 is 0 Å². The third-order valence-corrected chi connectivity index (χ3v) is 4.60. The van der Waals surface area contributed by atoms with Gasteiger partial charge in [-0.2, -0.15) is 0 Å². The maximum absolute atomic E-state index is 12.2. The molecular weight excluding hydrogens is 346 g/mol. The molecule has 2 aromatic carbocycles.